The van der Waals surface area contributed by atoms with Crippen LogP contribution in [0.5, 0.6) is 0 Å². The van der Waals surface area contributed by atoms with Gasteiger partial charge in [-0.1, -0.05) is 39.6 Å². The van der Waals surface area contributed by atoms with Crippen LogP contribution in [-0.4, -0.2) is 71.8 Å². The number of amides is 2. The lowest BCUT2D eigenvalue weighted by Crippen LogP contribution is -2.64. The van der Waals surface area contributed by atoms with Crippen LogP contribution in [0.3, 0.4) is 0 Å². The minimum atomic E-state index is -2.90. The summed E-state index contributed by atoms with van der Waals surface area (Å²) in [6.07, 6.45) is 10.6. The van der Waals surface area contributed by atoms with Crippen molar-refractivity contribution in [2.45, 2.75) is 57.2 Å². The van der Waals surface area contributed by atoms with Crippen LogP contribution < -0.4 is 10.0 Å². The van der Waals surface area contributed by atoms with Crippen molar-refractivity contribution in [3.63, 3.8) is 0 Å². The van der Waals surface area contributed by atoms with Crippen molar-refractivity contribution in [2.24, 2.45) is 5.92 Å². The number of ether oxygens (including phenoxy) is 1. The van der Waals surface area contributed by atoms with Crippen LogP contribution in [-0.2, 0) is 20.4 Å². The second-order valence-electron chi connectivity index (χ2n) is 9.87. The minimum absolute atomic E-state index is 0.0268. The molecule has 0 bridgehead atoms. The van der Waals surface area contributed by atoms with Gasteiger partial charge in [0.15, 0.2) is 0 Å². The van der Waals surface area contributed by atoms with Crippen molar-refractivity contribution in [1.29, 1.82) is 0 Å². The van der Waals surface area contributed by atoms with Gasteiger partial charge in [-0.25, -0.2) is 4.79 Å². The number of hydrogen-bond donors (Lipinski definition) is 2. The number of carbonyl (C=O) groups excluding carboxylic acids is 1. The van der Waals surface area contributed by atoms with E-state index in [1.165, 1.54) is 5.56 Å². The Kier molecular flexibility index (Phi) is 7.25. The highest BCUT2D eigenvalue weighted by atomic mass is 32.3. The Morgan fingerprint density at radius 3 is 2.53 bits per heavy atom. The van der Waals surface area contributed by atoms with Gasteiger partial charge >= 0.3 is 6.03 Å². The fourth-order valence-corrected chi connectivity index (χ4v) is 5.89. The third-order valence-electron chi connectivity index (χ3n) is 5.98. The van der Waals surface area contributed by atoms with Gasteiger partial charge in [-0.3, -0.25) is 8.93 Å². The van der Waals surface area contributed by atoms with E-state index in [4.69, 9.17) is 4.74 Å². The van der Waals surface area contributed by atoms with Crippen molar-refractivity contribution >= 4 is 15.3 Å². The molecule has 1 aromatic rings. The predicted molar refractivity (Wildman–Crippen MR) is 124 cm³/mol. The van der Waals surface area contributed by atoms with Gasteiger partial charge in [0.2, 0.25) is 0 Å². The van der Waals surface area contributed by atoms with Gasteiger partial charge in [0.25, 0.3) is 0 Å². The van der Waals surface area contributed by atoms with E-state index in [0.29, 0.717) is 25.6 Å². The third kappa shape index (κ3) is 6.79. The van der Waals surface area contributed by atoms with Crippen LogP contribution in [0.2, 0.25) is 0 Å². The normalized spacial score (nSPS) is 28.3. The fraction of sp³-hybridized carbons (Fsp3) is 0.696. The number of rotatable bonds is 8. The number of piperidine rings is 1. The molecular formula is C23H39N3O3S. The van der Waals surface area contributed by atoms with Crippen molar-refractivity contribution in [3.05, 3.63) is 35.9 Å². The second kappa shape index (κ2) is 9.37. The zero-order chi connectivity index (χ0) is 21.8. The van der Waals surface area contributed by atoms with Crippen molar-refractivity contribution in [3.8, 4) is 0 Å². The molecule has 1 aliphatic heterocycles. The monoisotopic (exact) mass is 437 g/mol. The molecular weight excluding hydrogens is 398 g/mol. The number of carbonyl (C=O) groups is 1. The molecule has 1 aromatic carbocycles. The summed E-state index contributed by atoms with van der Waals surface area (Å²) in [4.78, 5) is 14.5. The largest absolute Gasteiger partial charge is 0.376 e. The summed E-state index contributed by atoms with van der Waals surface area (Å²) in [6.45, 7) is 3.72. The molecule has 2 N–H and O–H groups in total. The molecule has 1 unspecified atom stereocenters. The van der Waals surface area contributed by atoms with Gasteiger partial charge < -0.3 is 15.0 Å². The summed E-state index contributed by atoms with van der Waals surface area (Å²) in [5.41, 5.74) is 1.38. The molecule has 1 saturated carbocycles. The maximum absolute atomic E-state index is 13.0. The highest BCUT2D eigenvalue weighted by Crippen LogP contribution is 2.33. The predicted octanol–water partition coefficient (Wildman–Crippen LogP) is 2.80. The molecule has 2 aliphatic rings. The standard InChI is InChI=1S/C23H39N3O3S/c1-5-24-23(27)26-13-9-12-21(25-30(2,3,4)28)22(26)17-29-20-15-19(16-20)14-18-10-7-6-8-11-18/h6-8,10-11,19-22H,5,9,12-17H2,1-4H3,(H,24,27)(H,25,28)/t19?,20?,21?,22-/m0/s1. The van der Waals surface area contributed by atoms with E-state index in [2.05, 4.69) is 40.4 Å². The maximum atomic E-state index is 13.0. The SMILES string of the molecule is CCNC(=O)N1CCCC(NS(C)(C)(C)=O)[C@@H]1COC1CC(Cc2ccccc2)C1. The van der Waals surface area contributed by atoms with E-state index in [9.17, 15) is 9.00 Å². The average Bonchev–Trinajstić information content (AvgIpc) is 2.63. The van der Waals surface area contributed by atoms with Gasteiger partial charge in [-0.15, -0.1) is 0 Å². The Labute approximate surface area is 181 Å². The molecule has 0 radical (unpaired) electrons. The zero-order valence-electron chi connectivity index (χ0n) is 18.9. The molecule has 3 rings (SSSR count). The number of urea groups is 1. The first kappa shape index (κ1) is 23.2. The number of likely N-dealkylation sites (tertiary alicyclic amines) is 1. The van der Waals surface area contributed by atoms with E-state index in [0.717, 1.165) is 32.1 Å². The molecule has 1 saturated heterocycles. The number of hydrogen-bond acceptors (Lipinski definition) is 3. The van der Waals surface area contributed by atoms with E-state index >= 15 is 0 Å². The Morgan fingerprint density at radius 2 is 1.90 bits per heavy atom. The maximum Gasteiger partial charge on any atom is 0.317 e. The van der Waals surface area contributed by atoms with Crippen LogP contribution >= 0.6 is 0 Å². The van der Waals surface area contributed by atoms with Crippen molar-refractivity contribution in [2.75, 3.05) is 38.5 Å². The molecule has 2 fully saturated rings. The Bertz CT molecular complexity index is 762. The molecule has 1 aliphatic carbocycles. The molecule has 2 amide bonds. The summed E-state index contributed by atoms with van der Waals surface area (Å²) in [7, 11) is -2.90. The summed E-state index contributed by atoms with van der Waals surface area (Å²) in [5.74, 6) is 0.669. The minimum Gasteiger partial charge on any atom is -0.376 e. The van der Waals surface area contributed by atoms with Gasteiger partial charge in [0.05, 0.1) is 18.8 Å². The van der Waals surface area contributed by atoms with Crippen LogP contribution in [0.1, 0.15) is 38.2 Å². The first-order valence-corrected chi connectivity index (χ1v) is 14.4. The molecule has 0 aromatic heterocycles. The lowest BCUT2D eigenvalue weighted by molar-refractivity contribution is -0.0570. The second-order valence-corrected chi connectivity index (χ2v) is 14.9. The highest BCUT2D eigenvalue weighted by Gasteiger charge is 2.39. The number of benzene rings is 1. The lowest BCUT2D eigenvalue weighted by atomic mass is 9.78. The van der Waals surface area contributed by atoms with Crippen LogP contribution in [0, 0.1) is 5.92 Å². The summed E-state index contributed by atoms with van der Waals surface area (Å²) in [5, 5.41) is 2.92. The van der Waals surface area contributed by atoms with Gasteiger partial charge in [0.1, 0.15) is 0 Å². The van der Waals surface area contributed by atoms with Gasteiger partial charge in [-0.2, -0.15) is 0 Å². The average molecular weight is 438 g/mol. The summed E-state index contributed by atoms with van der Waals surface area (Å²) in [6, 6.07) is 10.4. The topological polar surface area (TPSA) is 70.7 Å². The molecule has 170 valence electrons. The van der Waals surface area contributed by atoms with Crippen LogP contribution in [0.15, 0.2) is 30.3 Å². The number of nitrogens with one attached hydrogen (secondary N) is 2. The lowest BCUT2D eigenvalue weighted by Gasteiger charge is -2.46. The molecule has 6 nitrogen and oxygen atoms in total. The van der Waals surface area contributed by atoms with E-state index in [1.807, 2.05) is 11.8 Å². The quantitative estimate of drug-likeness (QED) is 0.657. The molecule has 7 heteroatoms. The third-order valence-corrected chi connectivity index (χ3v) is 7.09. The van der Waals surface area contributed by atoms with Crippen molar-refractivity contribution < 1.29 is 13.7 Å². The Balaban J connectivity index is 1.57. The molecule has 0 spiro atoms. The number of nitrogens with zero attached hydrogens (tertiary/aromatic N) is 1. The molecule has 30 heavy (non-hydrogen) atoms. The Hall–Kier alpha value is -1.44. The fourth-order valence-electron chi connectivity index (χ4n) is 4.58. The van der Waals surface area contributed by atoms with Gasteiger partial charge in [-0.05, 0) is 50.5 Å². The smallest absolute Gasteiger partial charge is 0.317 e. The first-order valence-electron chi connectivity index (χ1n) is 11.2. The first-order chi connectivity index (χ1) is 14.1. The van der Waals surface area contributed by atoms with Crippen LogP contribution in [0.4, 0.5) is 4.79 Å². The van der Waals surface area contributed by atoms with Crippen LogP contribution in [0.25, 0.3) is 0 Å². The summed E-state index contributed by atoms with van der Waals surface area (Å²) < 4.78 is 22.6. The molecule has 1 heterocycles. The van der Waals surface area contributed by atoms with E-state index in [1.54, 1.807) is 18.8 Å². The van der Waals surface area contributed by atoms with E-state index in [-0.39, 0.29) is 24.2 Å². The van der Waals surface area contributed by atoms with Gasteiger partial charge in [0, 0.05) is 37.9 Å². The summed E-state index contributed by atoms with van der Waals surface area (Å²) >= 11 is 0. The zero-order valence-corrected chi connectivity index (χ0v) is 19.7. The highest BCUT2D eigenvalue weighted by molar-refractivity contribution is 8.16. The Morgan fingerprint density at radius 1 is 1.20 bits per heavy atom. The van der Waals surface area contributed by atoms with E-state index < -0.39 is 9.25 Å². The molecule has 2 atom stereocenters. The van der Waals surface area contributed by atoms with Crippen molar-refractivity contribution in [1.82, 2.24) is 14.9 Å².